The largest absolute Gasteiger partial charge is 0.466 e. The number of hydrogen-bond donors (Lipinski definition) is 1. The third-order valence-corrected chi connectivity index (χ3v) is 8.47. The average molecular weight is 758 g/mol. The molecule has 258 valence electrons. The smallest absolute Gasteiger partial charge is 0.417 e. The molecule has 0 saturated carbocycles. The van der Waals surface area contributed by atoms with Crippen LogP contribution >= 0.6 is 27.5 Å². The van der Waals surface area contributed by atoms with E-state index in [0.717, 1.165) is 30.0 Å². The fourth-order valence-corrected chi connectivity index (χ4v) is 6.20. The minimum atomic E-state index is -4.84. The van der Waals surface area contributed by atoms with Crippen LogP contribution in [0.1, 0.15) is 73.4 Å². The maximum atomic E-state index is 15.8. The van der Waals surface area contributed by atoms with Gasteiger partial charge >= 0.3 is 12.1 Å². The Balaban J connectivity index is 2.14. The van der Waals surface area contributed by atoms with E-state index in [4.69, 9.17) is 16.3 Å². The standard InChI is InChI=1S/C35H35BrClF5N2O4/c1-5-8-9-10-12-21-14-23(38)13-20(4)32(21)22-15-24(33(39)27(37)16-22)28(18-31(46)48-7-3)43-34(47)29(11-6-2)44-19-26(36)25(17-30(44)45)35(40,41)42/h5-6,13-17,19,28-29H,1-2,7-12,18H2,3-4H3,(H,43,47)/t28-,29-/m0/s1. The molecule has 48 heavy (non-hydrogen) atoms. The van der Waals surface area contributed by atoms with Crippen LogP contribution < -0.4 is 10.9 Å². The van der Waals surface area contributed by atoms with Crippen molar-refractivity contribution < 1.29 is 36.3 Å². The van der Waals surface area contributed by atoms with E-state index in [-0.39, 0.29) is 23.6 Å². The van der Waals surface area contributed by atoms with E-state index >= 15 is 4.39 Å². The lowest BCUT2D eigenvalue weighted by molar-refractivity contribution is -0.144. The molecule has 0 fully saturated rings. The van der Waals surface area contributed by atoms with Crippen molar-refractivity contribution in [2.24, 2.45) is 0 Å². The predicted octanol–water partition coefficient (Wildman–Crippen LogP) is 9.36. The molecule has 3 rings (SSSR count). The minimum Gasteiger partial charge on any atom is -0.466 e. The Bertz CT molecular complexity index is 1740. The second-order valence-corrected chi connectivity index (χ2v) is 12.3. The number of ether oxygens (including phenoxy) is 1. The second-order valence-electron chi connectivity index (χ2n) is 11.0. The number of amides is 1. The lowest BCUT2D eigenvalue weighted by Gasteiger charge is -2.25. The predicted molar refractivity (Wildman–Crippen MR) is 179 cm³/mol. The summed E-state index contributed by atoms with van der Waals surface area (Å²) >= 11 is 9.20. The Morgan fingerprint density at radius 1 is 1.10 bits per heavy atom. The van der Waals surface area contributed by atoms with Crippen molar-refractivity contribution >= 4 is 39.4 Å². The second kappa shape index (κ2) is 17.1. The van der Waals surface area contributed by atoms with Gasteiger partial charge < -0.3 is 14.6 Å². The van der Waals surface area contributed by atoms with Crippen LogP contribution in [-0.4, -0.2) is 23.1 Å². The van der Waals surface area contributed by atoms with Gasteiger partial charge in [-0.05, 0) is 108 Å². The summed E-state index contributed by atoms with van der Waals surface area (Å²) in [5, 5.41) is 2.24. The number of rotatable bonds is 15. The van der Waals surface area contributed by atoms with Crippen molar-refractivity contribution in [3.8, 4) is 11.1 Å². The molecule has 1 amide bonds. The zero-order valence-electron chi connectivity index (χ0n) is 26.4. The SMILES string of the molecule is C=CCCCCc1cc(F)cc(C)c1-c1cc(Cl)c(F)c([C@H](CC(=O)OCC)NC(=O)[C@H](CC=C)n2cc(Br)c(C(F)(F)F)cc2=O)c1. The lowest BCUT2D eigenvalue weighted by atomic mass is 9.89. The molecule has 0 unspecified atom stereocenters. The van der Waals surface area contributed by atoms with Crippen LogP contribution in [0.25, 0.3) is 11.1 Å². The molecule has 0 radical (unpaired) electrons. The minimum absolute atomic E-state index is 0.0131. The summed E-state index contributed by atoms with van der Waals surface area (Å²) in [6, 6.07) is 3.03. The fourth-order valence-electron chi connectivity index (χ4n) is 5.42. The van der Waals surface area contributed by atoms with E-state index in [1.165, 1.54) is 30.3 Å². The van der Waals surface area contributed by atoms with Crippen LogP contribution in [0.4, 0.5) is 22.0 Å². The number of aromatic nitrogens is 1. The third-order valence-electron chi connectivity index (χ3n) is 7.57. The molecule has 2 atom stereocenters. The molecule has 1 heterocycles. The van der Waals surface area contributed by atoms with E-state index in [2.05, 4.69) is 34.4 Å². The molecule has 0 aliphatic rings. The van der Waals surface area contributed by atoms with Gasteiger partial charge in [-0.1, -0.05) is 23.8 Å². The first-order chi connectivity index (χ1) is 22.6. The van der Waals surface area contributed by atoms with Crippen molar-refractivity contribution in [1.82, 2.24) is 9.88 Å². The fraction of sp³-hybridized carbons (Fsp3) is 0.343. The number of benzene rings is 2. The van der Waals surface area contributed by atoms with Gasteiger partial charge in [0.05, 0.1) is 29.7 Å². The van der Waals surface area contributed by atoms with Crippen LogP contribution in [0.15, 0.2) is 71.1 Å². The van der Waals surface area contributed by atoms with E-state index < -0.39 is 63.8 Å². The molecule has 13 heteroatoms. The molecule has 1 aromatic heterocycles. The van der Waals surface area contributed by atoms with Gasteiger partial charge in [0.2, 0.25) is 5.91 Å². The lowest BCUT2D eigenvalue weighted by Crippen LogP contribution is -2.40. The molecular weight excluding hydrogens is 723 g/mol. The first-order valence-electron chi connectivity index (χ1n) is 15.1. The van der Waals surface area contributed by atoms with Gasteiger partial charge in [0.15, 0.2) is 0 Å². The molecule has 3 aromatic rings. The Hall–Kier alpha value is -3.77. The Kier molecular flexibility index (Phi) is 13.7. The van der Waals surface area contributed by atoms with Crippen molar-refractivity contribution in [2.45, 2.75) is 70.6 Å². The van der Waals surface area contributed by atoms with E-state index in [1.807, 2.05) is 0 Å². The summed E-state index contributed by atoms with van der Waals surface area (Å²) in [7, 11) is 0. The summed E-state index contributed by atoms with van der Waals surface area (Å²) in [4.78, 5) is 39.3. The van der Waals surface area contributed by atoms with Gasteiger partial charge in [0, 0.05) is 22.3 Å². The number of halogens is 7. The molecule has 6 nitrogen and oxygen atoms in total. The number of aryl methyl sites for hydroxylation is 2. The van der Waals surface area contributed by atoms with Crippen molar-refractivity contribution in [1.29, 1.82) is 0 Å². The number of allylic oxidation sites excluding steroid dienone is 2. The Morgan fingerprint density at radius 3 is 2.44 bits per heavy atom. The molecule has 0 spiro atoms. The molecular formula is C35H35BrClF5N2O4. The topological polar surface area (TPSA) is 77.4 Å². The van der Waals surface area contributed by atoms with Crippen LogP contribution in [0.2, 0.25) is 5.02 Å². The molecule has 1 N–H and O–H groups in total. The number of carbonyl (C=O) groups is 2. The number of esters is 1. The van der Waals surface area contributed by atoms with Crippen LogP contribution in [0.5, 0.6) is 0 Å². The van der Waals surface area contributed by atoms with E-state index in [1.54, 1.807) is 19.9 Å². The summed E-state index contributed by atoms with van der Waals surface area (Å²) in [6.45, 7) is 10.5. The summed E-state index contributed by atoms with van der Waals surface area (Å²) in [6.07, 6.45) is 1.11. The zero-order valence-corrected chi connectivity index (χ0v) is 28.7. The normalized spacial score (nSPS) is 12.7. The highest BCUT2D eigenvalue weighted by molar-refractivity contribution is 9.10. The molecule has 2 aromatic carbocycles. The number of nitrogens with zero attached hydrogens (tertiary/aromatic N) is 1. The number of nitrogens with one attached hydrogen (secondary N) is 1. The number of pyridine rings is 1. The van der Waals surface area contributed by atoms with Gasteiger partial charge in [-0.2, -0.15) is 13.2 Å². The number of unbranched alkanes of at least 4 members (excludes halogenated alkanes) is 2. The Labute approximate surface area is 288 Å². The maximum absolute atomic E-state index is 15.8. The summed E-state index contributed by atoms with van der Waals surface area (Å²) in [5.74, 6) is -3.11. The number of hydrogen-bond acceptors (Lipinski definition) is 4. The van der Waals surface area contributed by atoms with E-state index in [0.29, 0.717) is 34.7 Å². The Morgan fingerprint density at radius 2 is 1.81 bits per heavy atom. The zero-order chi connectivity index (χ0) is 35.8. The monoisotopic (exact) mass is 756 g/mol. The summed E-state index contributed by atoms with van der Waals surface area (Å²) < 4.78 is 76.0. The highest BCUT2D eigenvalue weighted by Crippen LogP contribution is 2.37. The highest BCUT2D eigenvalue weighted by atomic mass is 79.9. The quantitative estimate of drug-likeness (QED) is 0.0726. The average Bonchev–Trinajstić information content (AvgIpc) is 2.99. The van der Waals surface area contributed by atoms with Gasteiger partial charge in [0.25, 0.3) is 5.56 Å². The van der Waals surface area contributed by atoms with Crippen LogP contribution in [0.3, 0.4) is 0 Å². The summed E-state index contributed by atoms with van der Waals surface area (Å²) in [5.41, 5.74) is -0.351. The van der Waals surface area contributed by atoms with Gasteiger partial charge in [0.1, 0.15) is 17.7 Å². The first-order valence-corrected chi connectivity index (χ1v) is 16.2. The van der Waals surface area contributed by atoms with Crippen LogP contribution in [-0.2, 0) is 26.9 Å². The van der Waals surface area contributed by atoms with Gasteiger partial charge in [-0.25, -0.2) is 8.78 Å². The van der Waals surface area contributed by atoms with Gasteiger partial charge in [-0.15, -0.1) is 13.2 Å². The molecule has 0 aliphatic heterocycles. The number of carbonyl (C=O) groups excluding carboxylic acids is 2. The van der Waals surface area contributed by atoms with Crippen LogP contribution in [0, 0.1) is 18.6 Å². The van der Waals surface area contributed by atoms with Crippen molar-refractivity contribution in [2.75, 3.05) is 6.61 Å². The number of alkyl halides is 3. The molecule has 0 saturated heterocycles. The van der Waals surface area contributed by atoms with Crippen molar-refractivity contribution in [3.05, 3.63) is 116 Å². The van der Waals surface area contributed by atoms with Crippen molar-refractivity contribution in [3.63, 3.8) is 0 Å². The first kappa shape index (κ1) is 38.7. The van der Waals surface area contributed by atoms with Gasteiger partial charge in [-0.3, -0.25) is 14.4 Å². The third kappa shape index (κ3) is 9.65. The maximum Gasteiger partial charge on any atom is 0.417 e. The molecule has 0 bridgehead atoms. The van der Waals surface area contributed by atoms with E-state index in [9.17, 15) is 31.9 Å². The molecule has 0 aliphatic carbocycles. The highest BCUT2D eigenvalue weighted by Gasteiger charge is 2.35.